The molecule has 3 aromatic rings. The summed E-state index contributed by atoms with van der Waals surface area (Å²) in [5, 5.41) is 0. The zero-order valence-electron chi connectivity index (χ0n) is 21.7. The van der Waals surface area contributed by atoms with Gasteiger partial charge in [0.05, 0.1) is 0 Å². The molecule has 0 amide bonds. The zero-order valence-corrected chi connectivity index (χ0v) is 21.7. The van der Waals surface area contributed by atoms with Gasteiger partial charge in [-0.05, 0) is 87.3 Å². The van der Waals surface area contributed by atoms with Gasteiger partial charge in [-0.3, -0.25) is 0 Å². The minimum absolute atomic E-state index is 0.318. The maximum atomic E-state index is 6.60. The van der Waals surface area contributed by atoms with Crippen molar-refractivity contribution in [3.63, 3.8) is 0 Å². The fourth-order valence-electron chi connectivity index (χ4n) is 5.90. The van der Waals surface area contributed by atoms with Gasteiger partial charge >= 0.3 is 0 Å². The number of unbranched alkanes of at least 4 members (excludes halogenated alkanes) is 1. The molecule has 190 valence electrons. The van der Waals surface area contributed by atoms with Gasteiger partial charge in [0.1, 0.15) is 11.9 Å². The molecule has 0 spiro atoms. The lowest BCUT2D eigenvalue weighted by Gasteiger charge is -2.35. The Balaban J connectivity index is 1.12. The van der Waals surface area contributed by atoms with Gasteiger partial charge in [-0.15, -0.1) is 0 Å². The number of ether oxygens (including phenoxy) is 1. The first-order valence-electron chi connectivity index (χ1n) is 14.1. The largest absolute Gasteiger partial charge is 0.490 e. The van der Waals surface area contributed by atoms with Crippen molar-refractivity contribution < 1.29 is 4.74 Å². The molecule has 3 aromatic carbocycles. The first-order valence-corrected chi connectivity index (χ1v) is 14.1. The van der Waals surface area contributed by atoms with E-state index in [1.807, 2.05) is 0 Å². The predicted octanol–water partition coefficient (Wildman–Crippen LogP) is 6.78. The van der Waals surface area contributed by atoms with Crippen LogP contribution in [0.1, 0.15) is 61.1 Å². The predicted molar refractivity (Wildman–Crippen MR) is 150 cm³/mol. The molecule has 0 N–H and O–H groups in total. The Morgan fingerprint density at radius 3 is 1.94 bits per heavy atom. The third kappa shape index (κ3) is 6.99. The molecule has 2 aliphatic heterocycles. The standard InChI is InChI=1S/C33H42N2O/c1-3-13-28(14-4-1)32(29-15-5-2-6-16-29)27-35-25-20-31(21-26-35)36-33-19-8-7-17-30(33)18-9-10-22-34-23-11-12-24-34/h1-8,13-17,19,31-32H,9-12,18,20-27H2. The summed E-state index contributed by atoms with van der Waals surface area (Å²) in [5.41, 5.74) is 4.19. The second-order valence-electron chi connectivity index (χ2n) is 10.6. The fraction of sp³-hybridized carbons (Fsp3) is 0.455. The quantitative estimate of drug-likeness (QED) is 0.280. The number of aryl methyl sites for hydroxylation is 1. The van der Waals surface area contributed by atoms with Crippen molar-refractivity contribution in [1.82, 2.24) is 9.80 Å². The summed E-state index contributed by atoms with van der Waals surface area (Å²) >= 11 is 0. The Labute approximate surface area is 218 Å². The van der Waals surface area contributed by atoms with E-state index in [0.29, 0.717) is 12.0 Å². The average Bonchev–Trinajstić information content (AvgIpc) is 3.46. The molecule has 2 saturated heterocycles. The van der Waals surface area contributed by atoms with Crippen LogP contribution < -0.4 is 4.74 Å². The topological polar surface area (TPSA) is 15.7 Å². The molecule has 0 saturated carbocycles. The van der Waals surface area contributed by atoms with Gasteiger partial charge < -0.3 is 14.5 Å². The van der Waals surface area contributed by atoms with Crippen LogP contribution in [0.4, 0.5) is 0 Å². The summed E-state index contributed by atoms with van der Waals surface area (Å²) in [4.78, 5) is 5.26. The van der Waals surface area contributed by atoms with Crippen LogP contribution in [0.15, 0.2) is 84.9 Å². The monoisotopic (exact) mass is 482 g/mol. The molecule has 0 unspecified atom stereocenters. The number of para-hydroxylation sites is 1. The van der Waals surface area contributed by atoms with Gasteiger partial charge in [0.15, 0.2) is 0 Å². The molecule has 0 bridgehead atoms. The molecular formula is C33H42N2O. The highest BCUT2D eigenvalue weighted by Gasteiger charge is 2.25. The van der Waals surface area contributed by atoms with Crippen LogP contribution in [0.2, 0.25) is 0 Å². The van der Waals surface area contributed by atoms with E-state index in [9.17, 15) is 0 Å². The Hall–Kier alpha value is -2.62. The minimum atomic E-state index is 0.318. The van der Waals surface area contributed by atoms with E-state index >= 15 is 0 Å². The number of piperidine rings is 1. The molecule has 2 heterocycles. The first-order chi connectivity index (χ1) is 17.8. The molecule has 2 aliphatic rings. The maximum absolute atomic E-state index is 6.60. The Morgan fingerprint density at radius 2 is 1.28 bits per heavy atom. The van der Waals surface area contributed by atoms with Crippen molar-refractivity contribution in [2.75, 3.05) is 39.3 Å². The van der Waals surface area contributed by atoms with E-state index in [1.54, 1.807) is 0 Å². The van der Waals surface area contributed by atoms with Crippen LogP contribution in [-0.2, 0) is 6.42 Å². The summed E-state index contributed by atoms with van der Waals surface area (Å²) in [6, 6.07) is 30.7. The van der Waals surface area contributed by atoms with Crippen LogP contribution in [0.25, 0.3) is 0 Å². The Morgan fingerprint density at radius 1 is 0.667 bits per heavy atom. The fourth-order valence-corrected chi connectivity index (χ4v) is 5.90. The highest BCUT2D eigenvalue weighted by atomic mass is 16.5. The van der Waals surface area contributed by atoms with Gasteiger partial charge in [0, 0.05) is 25.6 Å². The van der Waals surface area contributed by atoms with Gasteiger partial charge in [0.2, 0.25) is 0 Å². The molecule has 0 aliphatic carbocycles. The van der Waals surface area contributed by atoms with Crippen LogP contribution in [0.5, 0.6) is 5.75 Å². The van der Waals surface area contributed by atoms with Crippen molar-refractivity contribution >= 4 is 0 Å². The maximum Gasteiger partial charge on any atom is 0.122 e. The summed E-state index contributed by atoms with van der Waals surface area (Å²) in [7, 11) is 0. The average molecular weight is 483 g/mol. The van der Waals surface area contributed by atoms with E-state index in [1.165, 1.54) is 62.0 Å². The summed E-state index contributed by atoms with van der Waals surface area (Å²) in [6.07, 6.45) is 8.94. The summed E-state index contributed by atoms with van der Waals surface area (Å²) in [5.74, 6) is 1.52. The summed E-state index contributed by atoms with van der Waals surface area (Å²) in [6.45, 7) is 7.12. The number of nitrogens with zero attached hydrogens (tertiary/aromatic N) is 2. The third-order valence-corrected chi connectivity index (χ3v) is 8.01. The lowest BCUT2D eigenvalue weighted by molar-refractivity contribution is 0.0980. The number of hydrogen-bond donors (Lipinski definition) is 0. The third-order valence-electron chi connectivity index (χ3n) is 8.01. The van der Waals surface area contributed by atoms with E-state index in [-0.39, 0.29) is 0 Å². The van der Waals surface area contributed by atoms with Gasteiger partial charge in [-0.1, -0.05) is 78.9 Å². The van der Waals surface area contributed by atoms with Gasteiger partial charge in [-0.25, -0.2) is 0 Å². The highest BCUT2D eigenvalue weighted by molar-refractivity contribution is 5.34. The zero-order chi connectivity index (χ0) is 24.4. The number of likely N-dealkylation sites (tertiary alicyclic amines) is 2. The van der Waals surface area contributed by atoms with E-state index in [4.69, 9.17) is 4.74 Å². The van der Waals surface area contributed by atoms with Crippen molar-refractivity contribution in [2.45, 2.75) is 57.0 Å². The second kappa shape index (κ2) is 13.1. The van der Waals surface area contributed by atoms with Gasteiger partial charge in [0.25, 0.3) is 0 Å². The van der Waals surface area contributed by atoms with Gasteiger partial charge in [-0.2, -0.15) is 0 Å². The Bertz CT molecular complexity index is 984. The van der Waals surface area contributed by atoms with Crippen molar-refractivity contribution in [3.8, 4) is 5.75 Å². The molecular weight excluding hydrogens is 440 g/mol. The van der Waals surface area contributed by atoms with E-state index in [0.717, 1.165) is 44.6 Å². The van der Waals surface area contributed by atoms with E-state index in [2.05, 4.69) is 94.7 Å². The lowest BCUT2D eigenvalue weighted by Crippen LogP contribution is -2.40. The molecule has 0 atom stereocenters. The normalized spacial score (nSPS) is 17.6. The van der Waals surface area contributed by atoms with Crippen LogP contribution in [0.3, 0.4) is 0 Å². The molecule has 36 heavy (non-hydrogen) atoms. The molecule has 5 rings (SSSR count). The molecule has 0 radical (unpaired) electrons. The van der Waals surface area contributed by atoms with Crippen LogP contribution in [0, 0.1) is 0 Å². The van der Waals surface area contributed by atoms with Crippen LogP contribution in [-0.4, -0.2) is 55.2 Å². The van der Waals surface area contributed by atoms with Crippen molar-refractivity contribution in [3.05, 3.63) is 102 Å². The molecule has 2 fully saturated rings. The lowest BCUT2D eigenvalue weighted by atomic mass is 9.90. The first kappa shape index (κ1) is 25.0. The minimum Gasteiger partial charge on any atom is -0.490 e. The number of rotatable bonds is 11. The molecule has 3 nitrogen and oxygen atoms in total. The van der Waals surface area contributed by atoms with Crippen molar-refractivity contribution in [1.29, 1.82) is 0 Å². The number of hydrogen-bond acceptors (Lipinski definition) is 3. The summed E-state index contributed by atoms with van der Waals surface area (Å²) < 4.78 is 6.60. The smallest absolute Gasteiger partial charge is 0.122 e. The van der Waals surface area contributed by atoms with Crippen molar-refractivity contribution in [2.24, 2.45) is 0 Å². The van der Waals surface area contributed by atoms with Crippen LogP contribution >= 0.6 is 0 Å². The number of benzene rings is 3. The van der Waals surface area contributed by atoms with E-state index < -0.39 is 0 Å². The molecule has 0 aromatic heterocycles. The molecule has 3 heteroatoms. The highest BCUT2D eigenvalue weighted by Crippen LogP contribution is 2.29. The second-order valence-corrected chi connectivity index (χ2v) is 10.6. The SMILES string of the molecule is c1ccc(C(CN2CCC(Oc3ccccc3CCCCN3CCCC3)CC2)c2ccccc2)cc1. The Kier molecular flexibility index (Phi) is 9.10.